The minimum atomic E-state index is -0.374. The van der Waals surface area contributed by atoms with E-state index in [0.717, 1.165) is 11.3 Å². The number of benzene rings is 2. The Kier molecular flexibility index (Phi) is 6.20. The molecular weight excluding hydrogens is 434 g/mol. The Morgan fingerprint density at radius 3 is 2.52 bits per heavy atom. The lowest BCUT2D eigenvalue weighted by Gasteiger charge is -2.18. The van der Waals surface area contributed by atoms with E-state index in [1.165, 1.54) is 16.7 Å². The highest BCUT2D eigenvalue weighted by Crippen LogP contribution is 2.41. The molecule has 158 valence electrons. The van der Waals surface area contributed by atoms with E-state index >= 15 is 0 Å². The van der Waals surface area contributed by atoms with Gasteiger partial charge < -0.3 is 9.15 Å². The molecule has 1 aromatic heterocycles. The lowest BCUT2D eigenvalue weighted by atomic mass is 10.1. The number of nitrogens with zero attached hydrogens (tertiary/aromatic N) is 1. The second kappa shape index (κ2) is 9.04. The largest absolute Gasteiger partial charge is 0.494 e. The Hall–Kier alpha value is -2.96. The highest BCUT2D eigenvalue weighted by Gasteiger charge is 2.40. The molecule has 2 heterocycles. The summed E-state index contributed by atoms with van der Waals surface area (Å²) in [5, 5.41) is 0.459. The molecule has 1 aliphatic rings. The first-order valence-corrected chi connectivity index (χ1v) is 11.1. The molecule has 5 nitrogen and oxygen atoms in total. The van der Waals surface area contributed by atoms with Crippen LogP contribution in [0.15, 0.2) is 70.2 Å². The fraction of sp³-hybridized carbons (Fsp3) is 0.167. The van der Waals surface area contributed by atoms with Gasteiger partial charge in [-0.3, -0.25) is 9.59 Å². The Labute approximate surface area is 189 Å². The number of anilines is 1. The molecule has 4 rings (SSSR count). The van der Waals surface area contributed by atoms with Crippen LogP contribution in [0.5, 0.6) is 5.75 Å². The fourth-order valence-corrected chi connectivity index (χ4v) is 4.54. The number of aryl methyl sites for hydroxylation is 1. The number of furan rings is 1. The van der Waals surface area contributed by atoms with Crippen LogP contribution in [0, 0.1) is 6.92 Å². The number of halogens is 1. The Morgan fingerprint density at radius 1 is 1.06 bits per heavy atom. The molecule has 0 fully saturated rings. The van der Waals surface area contributed by atoms with Crippen molar-refractivity contribution < 1.29 is 18.7 Å². The van der Waals surface area contributed by atoms with Crippen LogP contribution in [-0.4, -0.2) is 18.4 Å². The molecule has 0 spiro atoms. The number of hydrogen-bond donors (Lipinski definition) is 0. The van der Waals surface area contributed by atoms with Crippen LogP contribution in [0.1, 0.15) is 23.8 Å². The standard InChI is InChI=1S/C24H20ClNO4S/c1-3-29-18-10-7-16(8-11-18)21-22(31-14-19-5-4-12-30-19)24(28)26(23(21)27)20-13-17(25)9-6-15(20)2/h4-13H,3,14H2,1-2H3. The maximum atomic E-state index is 13.5. The third-order valence-electron chi connectivity index (χ3n) is 4.85. The van der Waals surface area contributed by atoms with Gasteiger partial charge in [0.05, 0.1) is 34.8 Å². The van der Waals surface area contributed by atoms with Crippen molar-refractivity contribution >= 4 is 46.4 Å². The van der Waals surface area contributed by atoms with Crippen LogP contribution in [0.4, 0.5) is 5.69 Å². The number of carbonyl (C=O) groups excluding carboxylic acids is 2. The molecule has 0 atom stereocenters. The highest BCUT2D eigenvalue weighted by atomic mass is 35.5. The summed E-state index contributed by atoms with van der Waals surface area (Å²) in [7, 11) is 0. The first-order valence-electron chi connectivity index (χ1n) is 9.77. The molecule has 0 N–H and O–H groups in total. The molecule has 0 unspecified atom stereocenters. The summed E-state index contributed by atoms with van der Waals surface area (Å²) < 4.78 is 10.9. The normalized spacial score (nSPS) is 14.0. The third-order valence-corrected chi connectivity index (χ3v) is 6.18. The zero-order valence-corrected chi connectivity index (χ0v) is 18.6. The number of thioether (sulfide) groups is 1. The van der Waals surface area contributed by atoms with Crippen molar-refractivity contribution in [3.63, 3.8) is 0 Å². The number of ether oxygens (including phenoxy) is 1. The second-order valence-electron chi connectivity index (χ2n) is 6.91. The summed E-state index contributed by atoms with van der Waals surface area (Å²) >= 11 is 7.45. The smallest absolute Gasteiger partial charge is 0.272 e. The maximum Gasteiger partial charge on any atom is 0.272 e. The van der Waals surface area contributed by atoms with E-state index in [-0.39, 0.29) is 11.8 Å². The number of amides is 2. The van der Waals surface area contributed by atoms with Crippen molar-refractivity contribution in [3.05, 3.63) is 87.7 Å². The molecule has 31 heavy (non-hydrogen) atoms. The number of imide groups is 1. The molecule has 0 saturated carbocycles. The lowest BCUT2D eigenvalue weighted by Crippen LogP contribution is -2.32. The van der Waals surface area contributed by atoms with Gasteiger partial charge >= 0.3 is 0 Å². The molecule has 2 amide bonds. The van der Waals surface area contributed by atoms with Gasteiger partial charge in [-0.15, -0.1) is 11.8 Å². The number of hydrogen-bond acceptors (Lipinski definition) is 5. The predicted molar refractivity (Wildman–Crippen MR) is 123 cm³/mol. The molecule has 0 aliphatic carbocycles. The van der Waals surface area contributed by atoms with Crippen LogP contribution < -0.4 is 9.64 Å². The van der Waals surface area contributed by atoms with Crippen molar-refractivity contribution in [2.45, 2.75) is 19.6 Å². The zero-order chi connectivity index (χ0) is 22.0. The van der Waals surface area contributed by atoms with Gasteiger partial charge in [-0.1, -0.05) is 29.8 Å². The average Bonchev–Trinajstić information content (AvgIpc) is 3.36. The molecular formula is C24H20ClNO4S. The molecule has 0 radical (unpaired) electrons. The van der Waals surface area contributed by atoms with Crippen molar-refractivity contribution in [3.8, 4) is 5.75 Å². The zero-order valence-electron chi connectivity index (χ0n) is 17.1. The molecule has 2 aromatic carbocycles. The minimum absolute atomic E-state index is 0.365. The quantitative estimate of drug-likeness (QED) is 0.419. The van der Waals surface area contributed by atoms with Crippen molar-refractivity contribution in [1.29, 1.82) is 0 Å². The summed E-state index contributed by atoms with van der Waals surface area (Å²) in [4.78, 5) is 28.5. The first-order chi connectivity index (χ1) is 15.0. The molecule has 1 aliphatic heterocycles. The van der Waals surface area contributed by atoms with E-state index in [4.69, 9.17) is 20.8 Å². The summed E-state index contributed by atoms with van der Waals surface area (Å²) in [5.41, 5.74) is 2.30. The second-order valence-corrected chi connectivity index (χ2v) is 8.33. The van der Waals surface area contributed by atoms with Gasteiger partial charge in [0, 0.05) is 5.02 Å². The van der Waals surface area contributed by atoms with Gasteiger partial charge in [0.2, 0.25) is 0 Å². The molecule has 0 saturated heterocycles. The molecule has 3 aromatic rings. The summed E-state index contributed by atoms with van der Waals surface area (Å²) in [6.45, 7) is 4.30. The van der Waals surface area contributed by atoms with E-state index < -0.39 is 0 Å². The number of rotatable bonds is 7. The van der Waals surface area contributed by atoms with Gasteiger partial charge in [-0.25, -0.2) is 4.90 Å². The van der Waals surface area contributed by atoms with Crippen molar-refractivity contribution in [2.75, 3.05) is 11.5 Å². The molecule has 0 bridgehead atoms. The Balaban J connectivity index is 1.75. The minimum Gasteiger partial charge on any atom is -0.494 e. The SMILES string of the molecule is CCOc1ccc(C2=C(SCc3ccco3)C(=O)N(c3cc(Cl)ccc3C)C2=O)cc1. The number of carbonyl (C=O) groups is 2. The Bertz CT molecular complexity index is 1150. The summed E-state index contributed by atoms with van der Waals surface area (Å²) in [6, 6.07) is 16.0. The predicted octanol–water partition coefficient (Wildman–Crippen LogP) is 5.86. The first kappa shape index (κ1) is 21.3. The van der Waals surface area contributed by atoms with Crippen LogP contribution in [0.25, 0.3) is 5.57 Å². The van der Waals surface area contributed by atoms with Crippen molar-refractivity contribution in [1.82, 2.24) is 0 Å². The lowest BCUT2D eigenvalue weighted by molar-refractivity contribution is -0.119. The molecule has 7 heteroatoms. The van der Waals surface area contributed by atoms with Gasteiger partial charge in [-0.05, 0) is 61.4 Å². The van der Waals surface area contributed by atoms with E-state index in [1.54, 1.807) is 54.8 Å². The van der Waals surface area contributed by atoms with E-state index in [9.17, 15) is 9.59 Å². The van der Waals surface area contributed by atoms with Crippen LogP contribution in [-0.2, 0) is 15.3 Å². The van der Waals surface area contributed by atoms with Crippen LogP contribution in [0.2, 0.25) is 5.02 Å². The van der Waals surface area contributed by atoms with Crippen LogP contribution >= 0.6 is 23.4 Å². The van der Waals surface area contributed by atoms with Gasteiger partial charge in [0.25, 0.3) is 11.8 Å². The van der Waals surface area contributed by atoms with Gasteiger partial charge in [0.1, 0.15) is 11.5 Å². The Morgan fingerprint density at radius 2 is 1.84 bits per heavy atom. The summed E-state index contributed by atoms with van der Waals surface area (Å²) in [6.07, 6.45) is 1.58. The highest BCUT2D eigenvalue weighted by molar-refractivity contribution is 8.03. The third kappa shape index (κ3) is 4.27. The van der Waals surface area contributed by atoms with Gasteiger partial charge in [-0.2, -0.15) is 0 Å². The van der Waals surface area contributed by atoms with Gasteiger partial charge in [0.15, 0.2) is 0 Å². The monoisotopic (exact) mass is 453 g/mol. The fourth-order valence-electron chi connectivity index (χ4n) is 3.36. The average molecular weight is 454 g/mol. The van der Waals surface area contributed by atoms with E-state index in [0.29, 0.717) is 44.9 Å². The van der Waals surface area contributed by atoms with Crippen molar-refractivity contribution in [2.24, 2.45) is 0 Å². The van der Waals surface area contributed by atoms with E-state index in [2.05, 4.69) is 0 Å². The van der Waals surface area contributed by atoms with Crippen LogP contribution in [0.3, 0.4) is 0 Å². The van der Waals surface area contributed by atoms with E-state index in [1.807, 2.05) is 19.9 Å². The maximum absolute atomic E-state index is 13.5. The topological polar surface area (TPSA) is 59.8 Å². The summed E-state index contributed by atoms with van der Waals surface area (Å²) in [5.74, 6) is 1.12.